The normalized spacial score (nSPS) is 12.7. The van der Waals surface area contributed by atoms with E-state index < -0.39 is 23.5 Å². The van der Waals surface area contributed by atoms with Crippen molar-refractivity contribution < 1.29 is 29.6 Å². The van der Waals surface area contributed by atoms with Crippen LogP contribution in [0.15, 0.2) is 18.2 Å². The number of nitrogens with one attached hydrogen (secondary N) is 1. The van der Waals surface area contributed by atoms with Crippen molar-refractivity contribution in [3.63, 3.8) is 0 Å². The van der Waals surface area contributed by atoms with Crippen molar-refractivity contribution in [1.29, 1.82) is 0 Å². The lowest BCUT2D eigenvalue weighted by Gasteiger charge is -2.24. The van der Waals surface area contributed by atoms with Gasteiger partial charge in [-0.1, -0.05) is 6.07 Å². The number of aliphatic carboxylic acids is 1. The van der Waals surface area contributed by atoms with Gasteiger partial charge in [0.1, 0.15) is 11.6 Å². The molecule has 0 aliphatic heterocycles. The smallest absolute Gasteiger partial charge is 0.326 e. The molecule has 1 rings (SSSR count). The van der Waals surface area contributed by atoms with Crippen LogP contribution in [0.5, 0.6) is 11.5 Å². The molecule has 0 saturated heterocycles. The Labute approximate surface area is 122 Å². The number of benzene rings is 1. The van der Waals surface area contributed by atoms with E-state index in [0.717, 1.165) is 0 Å². The van der Waals surface area contributed by atoms with E-state index in [2.05, 4.69) is 5.32 Å². The lowest BCUT2D eigenvalue weighted by Crippen LogP contribution is -2.51. The Morgan fingerprint density at radius 3 is 2.38 bits per heavy atom. The molecule has 0 aliphatic carbocycles. The van der Waals surface area contributed by atoms with E-state index in [4.69, 9.17) is 4.74 Å². The molecule has 0 bridgehead atoms. The molecule has 0 radical (unpaired) electrons. The van der Waals surface area contributed by atoms with Crippen LogP contribution in [0.25, 0.3) is 0 Å². The minimum absolute atomic E-state index is 0.0330. The quantitative estimate of drug-likeness (QED) is 0.572. The summed E-state index contributed by atoms with van der Waals surface area (Å²) in [6, 6.07) is 2.80. The number of rotatable bonds is 6. The number of phenols is 2. The Morgan fingerprint density at radius 2 is 1.90 bits per heavy atom. The number of aromatic hydroxyl groups is 2. The molecule has 7 nitrogen and oxygen atoms in total. The third-order valence-corrected chi connectivity index (χ3v) is 3.14. The van der Waals surface area contributed by atoms with E-state index in [9.17, 15) is 24.9 Å². The Bertz CT molecular complexity index is 540. The molecule has 4 N–H and O–H groups in total. The van der Waals surface area contributed by atoms with Crippen LogP contribution in [-0.2, 0) is 20.7 Å². The third-order valence-electron chi connectivity index (χ3n) is 3.14. The molecule has 0 spiro atoms. The Kier molecular flexibility index (Phi) is 5.15. The van der Waals surface area contributed by atoms with E-state index in [1.807, 2.05) is 0 Å². The molecule has 7 heteroatoms. The minimum atomic E-state index is -1.21. The highest BCUT2D eigenvalue weighted by Crippen LogP contribution is 2.25. The highest BCUT2D eigenvalue weighted by atomic mass is 16.5. The van der Waals surface area contributed by atoms with E-state index in [1.165, 1.54) is 39.2 Å². The standard InChI is InChI=1S/C14H19NO6/c1-14(2,21-3)13(20)15-9(12(18)19)6-8-4-5-10(16)11(17)7-8/h4-5,7,9,16-17H,6H2,1-3H3,(H,15,20)(H,18,19). The molecule has 0 aromatic heterocycles. The molecular weight excluding hydrogens is 278 g/mol. The first-order valence-corrected chi connectivity index (χ1v) is 6.27. The van der Waals surface area contributed by atoms with E-state index in [0.29, 0.717) is 5.56 Å². The zero-order valence-electron chi connectivity index (χ0n) is 12.1. The van der Waals surface area contributed by atoms with Crippen LogP contribution in [0.3, 0.4) is 0 Å². The maximum atomic E-state index is 11.9. The number of phenolic OH excluding ortho intramolecular Hbond substituents is 2. The van der Waals surface area contributed by atoms with Gasteiger partial charge < -0.3 is 25.4 Å². The third kappa shape index (κ3) is 4.35. The molecule has 1 amide bonds. The van der Waals surface area contributed by atoms with Gasteiger partial charge in [0.25, 0.3) is 5.91 Å². The molecule has 0 heterocycles. The van der Waals surface area contributed by atoms with Gasteiger partial charge in [-0.3, -0.25) is 4.79 Å². The average molecular weight is 297 g/mol. The first-order chi connectivity index (χ1) is 9.67. The van der Waals surface area contributed by atoms with Crippen LogP contribution in [0, 0.1) is 0 Å². The van der Waals surface area contributed by atoms with Crippen molar-refractivity contribution >= 4 is 11.9 Å². The van der Waals surface area contributed by atoms with Crippen LogP contribution in [0.4, 0.5) is 0 Å². The van der Waals surface area contributed by atoms with Crippen molar-refractivity contribution in [3.05, 3.63) is 23.8 Å². The molecular formula is C14H19NO6. The molecule has 1 aromatic carbocycles. The number of ether oxygens (including phenoxy) is 1. The lowest BCUT2D eigenvalue weighted by molar-refractivity contribution is -0.147. The molecule has 0 aliphatic rings. The summed E-state index contributed by atoms with van der Waals surface area (Å²) in [5.41, 5.74) is -0.682. The first-order valence-electron chi connectivity index (χ1n) is 6.27. The second kappa shape index (κ2) is 6.45. The Hall–Kier alpha value is -2.28. The summed E-state index contributed by atoms with van der Waals surface area (Å²) in [7, 11) is 1.35. The van der Waals surface area contributed by atoms with Gasteiger partial charge in [0.15, 0.2) is 11.5 Å². The molecule has 1 aromatic rings. The lowest BCUT2D eigenvalue weighted by atomic mass is 10.0. The average Bonchev–Trinajstić information content (AvgIpc) is 2.41. The van der Waals surface area contributed by atoms with Gasteiger partial charge in [-0.15, -0.1) is 0 Å². The van der Waals surface area contributed by atoms with Crippen molar-refractivity contribution in [2.75, 3.05) is 7.11 Å². The zero-order valence-corrected chi connectivity index (χ0v) is 12.1. The second-order valence-corrected chi connectivity index (χ2v) is 5.11. The minimum Gasteiger partial charge on any atom is -0.504 e. The number of hydrogen-bond donors (Lipinski definition) is 4. The van der Waals surface area contributed by atoms with E-state index in [1.54, 1.807) is 0 Å². The highest BCUT2D eigenvalue weighted by molar-refractivity contribution is 5.88. The summed E-state index contributed by atoms with van der Waals surface area (Å²) in [4.78, 5) is 23.2. The van der Waals surface area contributed by atoms with Gasteiger partial charge in [0, 0.05) is 13.5 Å². The summed E-state index contributed by atoms with van der Waals surface area (Å²) in [6.07, 6.45) is -0.0330. The predicted molar refractivity (Wildman–Crippen MR) is 74.1 cm³/mol. The molecule has 116 valence electrons. The summed E-state index contributed by atoms with van der Waals surface area (Å²) in [5.74, 6) is -2.40. The number of hydrogen-bond acceptors (Lipinski definition) is 5. The van der Waals surface area contributed by atoms with E-state index in [-0.39, 0.29) is 17.9 Å². The number of carbonyl (C=O) groups is 2. The molecule has 0 fully saturated rings. The van der Waals surface area contributed by atoms with Crippen molar-refractivity contribution in [2.24, 2.45) is 0 Å². The van der Waals surface area contributed by atoms with Gasteiger partial charge in [0.2, 0.25) is 0 Å². The Balaban J connectivity index is 2.86. The maximum Gasteiger partial charge on any atom is 0.326 e. The summed E-state index contributed by atoms with van der Waals surface area (Å²) < 4.78 is 4.99. The molecule has 0 saturated carbocycles. The fraction of sp³-hybridized carbons (Fsp3) is 0.429. The van der Waals surface area contributed by atoms with Crippen LogP contribution in [0.1, 0.15) is 19.4 Å². The fourth-order valence-corrected chi connectivity index (χ4v) is 1.56. The summed E-state index contributed by atoms with van der Waals surface area (Å²) in [6.45, 7) is 3.04. The van der Waals surface area contributed by atoms with Crippen LogP contribution >= 0.6 is 0 Å². The number of carboxylic acids is 1. The molecule has 1 unspecified atom stereocenters. The number of amides is 1. The van der Waals surface area contributed by atoms with Crippen molar-refractivity contribution in [3.8, 4) is 11.5 Å². The number of carbonyl (C=O) groups excluding carboxylic acids is 1. The van der Waals surface area contributed by atoms with Crippen molar-refractivity contribution in [2.45, 2.75) is 31.9 Å². The number of methoxy groups -OCH3 is 1. The SMILES string of the molecule is COC(C)(C)C(=O)NC(Cc1ccc(O)c(O)c1)C(=O)O. The predicted octanol–water partition coefficient (Wildman–Crippen LogP) is 0.635. The number of carboxylic acid groups (broad SMARTS) is 1. The van der Waals surface area contributed by atoms with Crippen LogP contribution in [0.2, 0.25) is 0 Å². The summed E-state index contributed by atoms with van der Waals surface area (Å²) >= 11 is 0. The van der Waals surface area contributed by atoms with Crippen LogP contribution < -0.4 is 5.32 Å². The molecule has 21 heavy (non-hydrogen) atoms. The van der Waals surface area contributed by atoms with Gasteiger partial charge in [-0.2, -0.15) is 0 Å². The van der Waals surface area contributed by atoms with Crippen LogP contribution in [-0.4, -0.2) is 45.9 Å². The maximum absolute atomic E-state index is 11.9. The topological polar surface area (TPSA) is 116 Å². The summed E-state index contributed by atoms with van der Waals surface area (Å²) in [5, 5.41) is 30.2. The highest BCUT2D eigenvalue weighted by Gasteiger charge is 2.31. The largest absolute Gasteiger partial charge is 0.504 e. The first kappa shape index (κ1) is 16.8. The van der Waals surface area contributed by atoms with Gasteiger partial charge in [0.05, 0.1) is 0 Å². The monoisotopic (exact) mass is 297 g/mol. The van der Waals surface area contributed by atoms with Gasteiger partial charge in [-0.25, -0.2) is 4.79 Å². The molecule has 1 atom stereocenters. The van der Waals surface area contributed by atoms with Gasteiger partial charge >= 0.3 is 5.97 Å². The second-order valence-electron chi connectivity index (χ2n) is 5.11. The fourth-order valence-electron chi connectivity index (χ4n) is 1.56. The van der Waals surface area contributed by atoms with Crippen molar-refractivity contribution in [1.82, 2.24) is 5.32 Å². The van der Waals surface area contributed by atoms with E-state index >= 15 is 0 Å². The van der Waals surface area contributed by atoms with Gasteiger partial charge in [-0.05, 0) is 31.5 Å². The zero-order chi connectivity index (χ0) is 16.2. The Morgan fingerprint density at radius 1 is 1.29 bits per heavy atom.